The van der Waals surface area contributed by atoms with Gasteiger partial charge in [0.2, 0.25) is 0 Å². The summed E-state index contributed by atoms with van der Waals surface area (Å²) in [6.45, 7) is 2.91. The third kappa shape index (κ3) is 3.09. The van der Waals surface area contributed by atoms with Crippen molar-refractivity contribution in [2.24, 2.45) is 5.73 Å². The van der Waals surface area contributed by atoms with Gasteiger partial charge in [-0.15, -0.1) is 0 Å². The van der Waals surface area contributed by atoms with Crippen molar-refractivity contribution in [2.75, 3.05) is 4.72 Å². The lowest BCUT2D eigenvalue weighted by Crippen LogP contribution is -2.14. The standard InChI is InChI=1S/C11H15N5O2S/c1-2-16-8-10(7-14-16)15-19(17,18)11-4-3-9(5-12)6-13-11/h3-4,6-8,15H,2,5,12H2,1H3. The number of hydrogen-bond donors (Lipinski definition) is 2. The van der Waals surface area contributed by atoms with Gasteiger partial charge in [-0.05, 0) is 18.6 Å². The molecule has 0 aliphatic heterocycles. The number of aryl methyl sites for hydroxylation is 1. The first-order valence-electron chi connectivity index (χ1n) is 5.75. The summed E-state index contributed by atoms with van der Waals surface area (Å²) in [6.07, 6.45) is 4.52. The second-order valence-electron chi connectivity index (χ2n) is 3.90. The minimum atomic E-state index is -3.69. The molecule has 2 aromatic rings. The fourth-order valence-electron chi connectivity index (χ4n) is 1.49. The maximum atomic E-state index is 12.1. The lowest BCUT2D eigenvalue weighted by molar-refractivity contribution is 0.597. The molecule has 0 amide bonds. The van der Waals surface area contributed by atoms with Crippen molar-refractivity contribution < 1.29 is 8.42 Å². The fourth-order valence-corrected chi connectivity index (χ4v) is 2.45. The molecule has 2 rings (SSSR count). The van der Waals surface area contributed by atoms with E-state index in [1.54, 1.807) is 16.9 Å². The van der Waals surface area contributed by atoms with Gasteiger partial charge in [-0.2, -0.15) is 13.5 Å². The van der Waals surface area contributed by atoms with Crippen LogP contribution in [0.25, 0.3) is 0 Å². The minimum absolute atomic E-state index is 0.0473. The molecule has 3 N–H and O–H groups in total. The van der Waals surface area contributed by atoms with Gasteiger partial charge in [-0.3, -0.25) is 9.40 Å². The molecule has 0 saturated heterocycles. The van der Waals surface area contributed by atoms with E-state index in [1.807, 2.05) is 6.92 Å². The molecule has 102 valence electrons. The number of nitrogens with two attached hydrogens (primary N) is 1. The summed E-state index contributed by atoms with van der Waals surface area (Å²) in [5, 5.41) is 3.95. The summed E-state index contributed by atoms with van der Waals surface area (Å²) >= 11 is 0. The van der Waals surface area contributed by atoms with Crippen LogP contribution in [0.15, 0.2) is 35.7 Å². The molecule has 19 heavy (non-hydrogen) atoms. The number of aromatic nitrogens is 3. The molecule has 0 aromatic carbocycles. The lowest BCUT2D eigenvalue weighted by atomic mass is 10.3. The average molecular weight is 281 g/mol. The number of rotatable bonds is 5. The highest BCUT2D eigenvalue weighted by atomic mass is 32.2. The van der Waals surface area contributed by atoms with Crippen LogP contribution >= 0.6 is 0 Å². The minimum Gasteiger partial charge on any atom is -0.326 e. The van der Waals surface area contributed by atoms with Crippen molar-refractivity contribution in [1.29, 1.82) is 0 Å². The molecule has 2 heterocycles. The Labute approximate surface area is 111 Å². The molecular weight excluding hydrogens is 266 g/mol. The molecule has 0 saturated carbocycles. The van der Waals surface area contributed by atoms with E-state index in [2.05, 4.69) is 14.8 Å². The number of nitrogens with one attached hydrogen (secondary N) is 1. The molecule has 0 aliphatic carbocycles. The fraction of sp³-hybridized carbons (Fsp3) is 0.273. The molecular formula is C11H15N5O2S. The normalized spacial score (nSPS) is 11.5. The molecule has 2 aromatic heterocycles. The Morgan fingerprint density at radius 2 is 2.16 bits per heavy atom. The zero-order valence-electron chi connectivity index (χ0n) is 10.4. The second kappa shape index (κ2) is 5.37. The first-order valence-corrected chi connectivity index (χ1v) is 7.23. The van der Waals surface area contributed by atoms with E-state index in [0.29, 0.717) is 18.8 Å². The molecule has 0 spiro atoms. The van der Waals surface area contributed by atoms with Crippen molar-refractivity contribution in [1.82, 2.24) is 14.8 Å². The maximum Gasteiger partial charge on any atom is 0.279 e. The molecule has 0 fully saturated rings. The van der Waals surface area contributed by atoms with Crippen LogP contribution in [-0.2, 0) is 23.1 Å². The maximum absolute atomic E-state index is 12.1. The molecule has 0 bridgehead atoms. The van der Waals surface area contributed by atoms with Gasteiger partial charge in [0.1, 0.15) is 0 Å². The van der Waals surface area contributed by atoms with Gasteiger partial charge in [0.05, 0.1) is 11.9 Å². The number of pyridine rings is 1. The van der Waals surface area contributed by atoms with Crippen LogP contribution in [0, 0.1) is 0 Å². The summed E-state index contributed by atoms with van der Waals surface area (Å²) in [5.41, 5.74) is 6.62. The highest BCUT2D eigenvalue weighted by molar-refractivity contribution is 7.92. The largest absolute Gasteiger partial charge is 0.326 e. The van der Waals surface area contributed by atoms with Gasteiger partial charge in [0, 0.05) is 25.5 Å². The van der Waals surface area contributed by atoms with Crippen LogP contribution in [0.5, 0.6) is 0 Å². The smallest absolute Gasteiger partial charge is 0.279 e. The van der Waals surface area contributed by atoms with Gasteiger partial charge in [0.25, 0.3) is 10.0 Å². The highest BCUT2D eigenvalue weighted by Gasteiger charge is 2.16. The van der Waals surface area contributed by atoms with E-state index < -0.39 is 10.0 Å². The predicted molar refractivity (Wildman–Crippen MR) is 70.8 cm³/mol. The molecule has 7 nitrogen and oxygen atoms in total. The van der Waals surface area contributed by atoms with E-state index in [0.717, 1.165) is 5.56 Å². The summed E-state index contributed by atoms with van der Waals surface area (Å²) in [4.78, 5) is 3.89. The molecule has 0 radical (unpaired) electrons. The summed E-state index contributed by atoms with van der Waals surface area (Å²) < 4.78 is 28.2. The summed E-state index contributed by atoms with van der Waals surface area (Å²) in [6, 6.07) is 3.06. The molecule has 0 aliphatic rings. The van der Waals surface area contributed by atoms with E-state index in [-0.39, 0.29) is 5.03 Å². The second-order valence-corrected chi connectivity index (χ2v) is 5.53. The Morgan fingerprint density at radius 1 is 1.37 bits per heavy atom. The summed E-state index contributed by atoms with van der Waals surface area (Å²) in [7, 11) is -3.69. The van der Waals surface area contributed by atoms with Crippen LogP contribution in [0.2, 0.25) is 0 Å². The van der Waals surface area contributed by atoms with Gasteiger partial charge in [-0.1, -0.05) is 6.07 Å². The first-order chi connectivity index (χ1) is 9.05. The SMILES string of the molecule is CCn1cc(NS(=O)(=O)c2ccc(CN)cn2)cn1. The van der Waals surface area contributed by atoms with Crippen LogP contribution in [-0.4, -0.2) is 23.2 Å². The van der Waals surface area contributed by atoms with Crippen LogP contribution in [0.3, 0.4) is 0 Å². The van der Waals surface area contributed by atoms with Gasteiger partial charge in [-0.25, -0.2) is 4.98 Å². The van der Waals surface area contributed by atoms with Crippen molar-refractivity contribution >= 4 is 15.7 Å². The number of sulfonamides is 1. The summed E-state index contributed by atoms with van der Waals surface area (Å²) in [5.74, 6) is 0. The Bertz CT molecular complexity index is 648. The number of hydrogen-bond acceptors (Lipinski definition) is 5. The average Bonchev–Trinajstić information content (AvgIpc) is 2.85. The van der Waals surface area contributed by atoms with Crippen molar-refractivity contribution in [3.8, 4) is 0 Å². The molecule has 0 unspecified atom stereocenters. The quantitative estimate of drug-likeness (QED) is 0.833. The van der Waals surface area contributed by atoms with Gasteiger partial charge >= 0.3 is 0 Å². The van der Waals surface area contributed by atoms with E-state index in [1.165, 1.54) is 18.5 Å². The lowest BCUT2D eigenvalue weighted by Gasteiger charge is -2.05. The van der Waals surface area contributed by atoms with Crippen LogP contribution < -0.4 is 10.5 Å². The van der Waals surface area contributed by atoms with E-state index in [4.69, 9.17) is 5.73 Å². The third-order valence-corrected chi connectivity index (χ3v) is 3.81. The molecule has 8 heteroatoms. The van der Waals surface area contributed by atoms with Crippen LogP contribution in [0.4, 0.5) is 5.69 Å². The third-order valence-electron chi connectivity index (χ3n) is 2.52. The predicted octanol–water partition coefficient (Wildman–Crippen LogP) is 0.557. The van der Waals surface area contributed by atoms with Crippen LogP contribution in [0.1, 0.15) is 12.5 Å². The van der Waals surface area contributed by atoms with E-state index in [9.17, 15) is 8.42 Å². The Balaban J connectivity index is 2.21. The monoisotopic (exact) mass is 281 g/mol. The Morgan fingerprint density at radius 3 is 2.68 bits per heavy atom. The van der Waals surface area contributed by atoms with Crippen molar-refractivity contribution in [2.45, 2.75) is 25.0 Å². The zero-order valence-corrected chi connectivity index (χ0v) is 11.3. The van der Waals surface area contributed by atoms with Gasteiger partial charge < -0.3 is 5.73 Å². The Kier molecular flexibility index (Phi) is 3.82. The number of anilines is 1. The Hall–Kier alpha value is -1.93. The highest BCUT2D eigenvalue weighted by Crippen LogP contribution is 2.13. The van der Waals surface area contributed by atoms with Crippen molar-refractivity contribution in [3.05, 3.63) is 36.3 Å². The van der Waals surface area contributed by atoms with Crippen molar-refractivity contribution in [3.63, 3.8) is 0 Å². The first kappa shape index (κ1) is 13.5. The zero-order chi connectivity index (χ0) is 13.9. The van der Waals surface area contributed by atoms with Gasteiger partial charge in [0.15, 0.2) is 5.03 Å². The molecule has 0 atom stereocenters. The number of nitrogens with zero attached hydrogens (tertiary/aromatic N) is 3. The topological polar surface area (TPSA) is 103 Å². The van der Waals surface area contributed by atoms with E-state index >= 15 is 0 Å².